The SMILES string of the molecule is CN(Cc1cccc(Cl)c1)C(=O)c1csc(Br)c1. The molecule has 0 bridgehead atoms. The quantitative estimate of drug-likeness (QED) is 0.806. The lowest BCUT2D eigenvalue weighted by molar-refractivity contribution is 0.0785. The van der Waals surface area contributed by atoms with Crippen LogP contribution < -0.4 is 0 Å². The van der Waals surface area contributed by atoms with E-state index in [9.17, 15) is 4.79 Å². The van der Waals surface area contributed by atoms with Crippen molar-refractivity contribution in [2.45, 2.75) is 6.54 Å². The van der Waals surface area contributed by atoms with Crippen molar-refractivity contribution in [1.29, 1.82) is 0 Å². The summed E-state index contributed by atoms with van der Waals surface area (Å²) in [7, 11) is 1.79. The van der Waals surface area contributed by atoms with E-state index < -0.39 is 0 Å². The molecule has 0 spiro atoms. The Balaban J connectivity index is 2.08. The number of rotatable bonds is 3. The van der Waals surface area contributed by atoms with Gasteiger partial charge in [-0.05, 0) is 39.7 Å². The highest BCUT2D eigenvalue weighted by Crippen LogP contribution is 2.22. The van der Waals surface area contributed by atoms with Gasteiger partial charge in [0, 0.05) is 24.0 Å². The number of thiophene rings is 1. The van der Waals surface area contributed by atoms with Gasteiger partial charge in [0.25, 0.3) is 5.91 Å². The van der Waals surface area contributed by atoms with Crippen LogP contribution in [0.4, 0.5) is 0 Å². The Morgan fingerprint density at radius 1 is 1.44 bits per heavy atom. The summed E-state index contributed by atoms with van der Waals surface area (Å²) in [5.41, 5.74) is 1.73. The van der Waals surface area contributed by atoms with E-state index in [0.717, 1.165) is 9.35 Å². The number of hydrogen-bond donors (Lipinski definition) is 0. The van der Waals surface area contributed by atoms with Gasteiger partial charge in [-0.25, -0.2) is 0 Å². The van der Waals surface area contributed by atoms with E-state index in [0.29, 0.717) is 17.1 Å². The molecule has 1 aromatic heterocycles. The molecule has 2 aromatic rings. The van der Waals surface area contributed by atoms with Gasteiger partial charge in [-0.3, -0.25) is 4.79 Å². The van der Waals surface area contributed by atoms with Crippen LogP contribution in [0.3, 0.4) is 0 Å². The lowest BCUT2D eigenvalue weighted by atomic mass is 10.2. The molecule has 18 heavy (non-hydrogen) atoms. The molecule has 2 rings (SSSR count). The number of halogens is 2. The molecule has 0 aliphatic rings. The number of nitrogens with zero attached hydrogens (tertiary/aromatic N) is 1. The van der Waals surface area contributed by atoms with E-state index in [1.807, 2.05) is 35.7 Å². The van der Waals surface area contributed by atoms with Gasteiger partial charge in [-0.1, -0.05) is 23.7 Å². The Morgan fingerprint density at radius 3 is 2.83 bits per heavy atom. The number of benzene rings is 1. The topological polar surface area (TPSA) is 20.3 Å². The number of amides is 1. The van der Waals surface area contributed by atoms with Crippen LogP contribution in [0, 0.1) is 0 Å². The Bertz CT molecular complexity index is 570. The molecule has 0 atom stereocenters. The van der Waals surface area contributed by atoms with Crippen LogP contribution >= 0.6 is 38.9 Å². The van der Waals surface area contributed by atoms with Gasteiger partial charge >= 0.3 is 0 Å². The van der Waals surface area contributed by atoms with Crippen molar-refractivity contribution in [1.82, 2.24) is 4.90 Å². The van der Waals surface area contributed by atoms with Crippen LogP contribution in [-0.4, -0.2) is 17.9 Å². The van der Waals surface area contributed by atoms with Crippen molar-refractivity contribution in [2.75, 3.05) is 7.05 Å². The van der Waals surface area contributed by atoms with Gasteiger partial charge in [0.1, 0.15) is 0 Å². The maximum absolute atomic E-state index is 12.1. The zero-order valence-corrected chi connectivity index (χ0v) is 12.8. The second-order valence-electron chi connectivity index (χ2n) is 3.93. The third-order valence-electron chi connectivity index (χ3n) is 2.47. The van der Waals surface area contributed by atoms with Crippen molar-refractivity contribution < 1.29 is 4.79 Å². The van der Waals surface area contributed by atoms with Gasteiger partial charge in [0.2, 0.25) is 0 Å². The van der Waals surface area contributed by atoms with Gasteiger partial charge < -0.3 is 4.90 Å². The van der Waals surface area contributed by atoms with Crippen molar-refractivity contribution in [3.8, 4) is 0 Å². The Labute approximate surface area is 123 Å². The molecular formula is C13H11BrClNOS. The molecular weight excluding hydrogens is 334 g/mol. The van der Waals surface area contributed by atoms with Gasteiger partial charge in [-0.15, -0.1) is 11.3 Å². The van der Waals surface area contributed by atoms with Crippen LogP contribution in [0.1, 0.15) is 15.9 Å². The molecule has 1 amide bonds. The summed E-state index contributed by atoms with van der Waals surface area (Å²) < 4.78 is 0.960. The third-order valence-corrected chi connectivity index (χ3v) is 4.21. The second kappa shape index (κ2) is 5.87. The summed E-state index contributed by atoms with van der Waals surface area (Å²) in [6, 6.07) is 9.37. The molecule has 0 saturated heterocycles. The molecule has 0 unspecified atom stereocenters. The summed E-state index contributed by atoms with van der Waals surface area (Å²) >= 11 is 10.8. The van der Waals surface area contributed by atoms with E-state index >= 15 is 0 Å². The first kappa shape index (κ1) is 13.6. The largest absolute Gasteiger partial charge is 0.337 e. The second-order valence-corrected chi connectivity index (χ2v) is 6.66. The first-order chi connectivity index (χ1) is 8.56. The maximum atomic E-state index is 12.1. The molecule has 0 saturated carbocycles. The zero-order valence-electron chi connectivity index (χ0n) is 9.69. The van der Waals surface area contributed by atoms with Crippen molar-refractivity contribution in [3.05, 3.63) is 55.6 Å². The van der Waals surface area contributed by atoms with Crippen molar-refractivity contribution in [3.63, 3.8) is 0 Å². The third kappa shape index (κ3) is 3.34. The molecule has 1 aromatic carbocycles. The average Bonchev–Trinajstić information content (AvgIpc) is 2.75. The van der Waals surface area contributed by atoms with E-state index in [4.69, 9.17) is 11.6 Å². The molecule has 2 nitrogen and oxygen atoms in total. The van der Waals surface area contributed by atoms with Crippen LogP contribution in [0.25, 0.3) is 0 Å². The molecule has 94 valence electrons. The maximum Gasteiger partial charge on any atom is 0.254 e. The molecule has 0 aliphatic heterocycles. The Kier molecular flexibility index (Phi) is 4.43. The minimum absolute atomic E-state index is 0.0110. The lowest BCUT2D eigenvalue weighted by Crippen LogP contribution is -2.25. The van der Waals surface area contributed by atoms with Crippen molar-refractivity contribution >= 4 is 44.8 Å². The highest BCUT2D eigenvalue weighted by Gasteiger charge is 2.13. The molecule has 0 N–H and O–H groups in total. The fraction of sp³-hybridized carbons (Fsp3) is 0.154. The lowest BCUT2D eigenvalue weighted by Gasteiger charge is -2.16. The Hall–Kier alpha value is -0.840. The average molecular weight is 345 g/mol. The summed E-state index contributed by atoms with van der Waals surface area (Å²) in [6.45, 7) is 0.548. The summed E-state index contributed by atoms with van der Waals surface area (Å²) in [4.78, 5) is 13.8. The van der Waals surface area contributed by atoms with E-state index in [-0.39, 0.29) is 5.91 Å². The molecule has 1 heterocycles. The normalized spacial score (nSPS) is 10.4. The monoisotopic (exact) mass is 343 g/mol. The standard InChI is InChI=1S/C13H11BrClNOS/c1-16(7-9-3-2-4-11(15)5-9)13(17)10-6-12(14)18-8-10/h2-6,8H,7H2,1H3. The van der Waals surface area contributed by atoms with Crippen LogP contribution in [0.15, 0.2) is 39.5 Å². The van der Waals surface area contributed by atoms with E-state index in [2.05, 4.69) is 15.9 Å². The Morgan fingerprint density at radius 2 is 2.22 bits per heavy atom. The van der Waals surface area contributed by atoms with E-state index in [1.54, 1.807) is 11.9 Å². The highest BCUT2D eigenvalue weighted by atomic mass is 79.9. The minimum atomic E-state index is 0.0110. The summed E-state index contributed by atoms with van der Waals surface area (Å²) in [5, 5.41) is 2.53. The predicted octanol–water partition coefficient (Wildman–Crippen LogP) is 4.44. The first-order valence-corrected chi connectivity index (χ1v) is 7.35. The smallest absolute Gasteiger partial charge is 0.254 e. The minimum Gasteiger partial charge on any atom is -0.337 e. The zero-order chi connectivity index (χ0) is 13.1. The van der Waals surface area contributed by atoms with Gasteiger partial charge in [0.05, 0.1) is 9.35 Å². The number of carbonyl (C=O) groups excluding carboxylic acids is 1. The summed E-state index contributed by atoms with van der Waals surface area (Å²) in [5.74, 6) is 0.0110. The fourth-order valence-electron chi connectivity index (χ4n) is 1.62. The first-order valence-electron chi connectivity index (χ1n) is 5.30. The van der Waals surface area contributed by atoms with Crippen LogP contribution in [-0.2, 0) is 6.54 Å². The molecule has 0 radical (unpaired) electrons. The van der Waals surface area contributed by atoms with Crippen molar-refractivity contribution in [2.24, 2.45) is 0 Å². The fourth-order valence-corrected chi connectivity index (χ4v) is 2.97. The number of hydrogen-bond acceptors (Lipinski definition) is 2. The molecule has 0 fully saturated rings. The molecule has 5 heteroatoms. The van der Waals surface area contributed by atoms with Gasteiger partial charge in [-0.2, -0.15) is 0 Å². The summed E-state index contributed by atoms with van der Waals surface area (Å²) in [6.07, 6.45) is 0. The van der Waals surface area contributed by atoms with E-state index in [1.165, 1.54) is 11.3 Å². The number of carbonyl (C=O) groups is 1. The molecule has 0 aliphatic carbocycles. The van der Waals surface area contributed by atoms with Crippen LogP contribution in [0.5, 0.6) is 0 Å². The predicted molar refractivity (Wildman–Crippen MR) is 79.3 cm³/mol. The van der Waals surface area contributed by atoms with Gasteiger partial charge in [0.15, 0.2) is 0 Å². The van der Waals surface area contributed by atoms with Crippen LogP contribution in [0.2, 0.25) is 5.02 Å². The highest BCUT2D eigenvalue weighted by molar-refractivity contribution is 9.11.